The third-order valence-corrected chi connectivity index (χ3v) is 10.8. The number of morpholine rings is 2. The molecule has 4 atom stereocenters. The molecule has 2 aliphatic heterocycles. The Kier molecular flexibility index (Phi) is 21.7. The van der Waals surface area contributed by atoms with Gasteiger partial charge in [-0.15, -0.1) is 0 Å². The van der Waals surface area contributed by atoms with Crippen LogP contribution in [0.25, 0.3) is 0 Å². The molecule has 0 unspecified atom stereocenters. The quantitative estimate of drug-likeness (QED) is 0.0763. The molecule has 346 valence electrons. The molecular formula is C45H73N9O8. The van der Waals surface area contributed by atoms with Crippen LogP contribution in [0.2, 0.25) is 0 Å². The minimum atomic E-state index is -1.20. The number of urea groups is 2. The Morgan fingerprint density at radius 1 is 0.694 bits per heavy atom. The maximum atomic E-state index is 14.1. The van der Waals surface area contributed by atoms with E-state index in [9.17, 15) is 24.3 Å². The molecule has 17 nitrogen and oxygen atoms in total. The SMILES string of the molecule is CC(C)COc1ccc(CN(C[C@H](O)[C@H](Cc2ccccc2)NC(=O)[C@@H](NC(=O)NCCN2CCOCC2)C(C)C)NC(=O)[C@@H](NC(=O)NCCN2CCOCC2)C(C)C)cc1. The molecule has 4 rings (SSSR count). The molecule has 0 bridgehead atoms. The molecule has 7 N–H and O–H groups in total. The number of amides is 6. The molecule has 17 heteroatoms. The standard InChI is InChI=1S/C45H73N9O8/c1-32(2)31-62-37-14-12-36(13-15-37)29-54(51-43(57)41(34(5)6)50-45(59)47-17-19-53-22-26-61-27-23-53)30-39(55)38(28-35-10-8-7-9-11-35)48-42(56)40(33(3)4)49-44(58)46-16-18-52-20-24-60-25-21-52/h7-15,32-34,38-41,55H,16-31H2,1-6H3,(H,48,56)(H,51,57)(H2,46,49,58)(H2,47,50,59)/t38-,39-,40-,41-/m0/s1. The molecule has 2 fully saturated rings. The molecule has 0 aromatic heterocycles. The summed E-state index contributed by atoms with van der Waals surface area (Å²) >= 11 is 0. The summed E-state index contributed by atoms with van der Waals surface area (Å²) in [7, 11) is 0. The second kappa shape index (κ2) is 26.8. The van der Waals surface area contributed by atoms with Gasteiger partial charge >= 0.3 is 12.1 Å². The van der Waals surface area contributed by atoms with Crippen LogP contribution in [0.4, 0.5) is 9.59 Å². The number of nitrogens with one attached hydrogen (secondary N) is 6. The van der Waals surface area contributed by atoms with Gasteiger partial charge in [-0.1, -0.05) is 84.0 Å². The van der Waals surface area contributed by atoms with Crippen molar-refractivity contribution in [3.63, 3.8) is 0 Å². The van der Waals surface area contributed by atoms with Gasteiger partial charge in [0.25, 0.3) is 5.91 Å². The molecule has 2 aliphatic rings. The highest BCUT2D eigenvalue weighted by atomic mass is 16.5. The van der Waals surface area contributed by atoms with Crippen molar-refractivity contribution in [2.75, 3.05) is 91.9 Å². The lowest BCUT2D eigenvalue weighted by Crippen LogP contribution is -2.60. The Bertz CT molecular complexity index is 1620. The van der Waals surface area contributed by atoms with Gasteiger partial charge < -0.3 is 45.9 Å². The normalized spacial score (nSPS) is 17.0. The zero-order chi connectivity index (χ0) is 44.9. The van der Waals surface area contributed by atoms with Crippen LogP contribution in [-0.4, -0.2) is 160 Å². The molecule has 2 saturated heterocycles. The Balaban J connectivity index is 1.48. The van der Waals surface area contributed by atoms with E-state index in [0.29, 0.717) is 70.9 Å². The van der Waals surface area contributed by atoms with Gasteiger partial charge in [-0.25, -0.2) is 14.6 Å². The van der Waals surface area contributed by atoms with Crippen molar-refractivity contribution in [1.82, 2.24) is 46.8 Å². The van der Waals surface area contributed by atoms with Crippen LogP contribution in [0.5, 0.6) is 5.75 Å². The fourth-order valence-electron chi connectivity index (χ4n) is 7.09. The van der Waals surface area contributed by atoms with Gasteiger partial charge in [0.15, 0.2) is 0 Å². The van der Waals surface area contributed by atoms with E-state index < -0.39 is 48.1 Å². The van der Waals surface area contributed by atoms with Crippen molar-refractivity contribution in [3.05, 3.63) is 65.7 Å². The van der Waals surface area contributed by atoms with E-state index in [1.165, 1.54) is 0 Å². The smallest absolute Gasteiger partial charge is 0.315 e. The average molecular weight is 868 g/mol. The van der Waals surface area contributed by atoms with Crippen molar-refractivity contribution < 1.29 is 38.5 Å². The lowest BCUT2D eigenvalue weighted by molar-refractivity contribution is -0.131. The molecule has 2 heterocycles. The molecule has 0 spiro atoms. The molecule has 0 aliphatic carbocycles. The van der Waals surface area contributed by atoms with E-state index in [1.54, 1.807) is 5.01 Å². The van der Waals surface area contributed by atoms with Gasteiger partial charge in [0.05, 0.1) is 45.2 Å². The molecule has 62 heavy (non-hydrogen) atoms. The zero-order valence-corrected chi connectivity index (χ0v) is 37.7. The number of hydrazine groups is 1. The van der Waals surface area contributed by atoms with Gasteiger partial charge in [-0.3, -0.25) is 24.8 Å². The van der Waals surface area contributed by atoms with Gasteiger partial charge in [0, 0.05) is 65.4 Å². The molecule has 2 aromatic carbocycles. The van der Waals surface area contributed by atoms with Crippen LogP contribution >= 0.6 is 0 Å². The summed E-state index contributed by atoms with van der Waals surface area (Å²) in [6, 6.07) is 13.5. The van der Waals surface area contributed by atoms with E-state index in [0.717, 1.165) is 37.3 Å². The number of benzene rings is 2. The highest BCUT2D eigenvalue weighted by molar-refractivity contribution is 5.88. The molecule has 0 saturated carbocycles. The van der Waals surface area contributed by atoms with Crippen LogP contribution in [0, 0.1) is 17.8 Å². The number of carbonyl (C=O) groups is 4. The minimum absolute atomic E-state index is 0.0898. The van der Waals surface area contributed by atoms with E-state index in [2.05, 4.69) is 55.7 Å². The summed E-state index contributed by atoms with van der Waals surface area (Å²) in [5, 5.41) is 28.1. The van der Waals surface area contributed by atoms with Crippen LogP contribution in [0.15, 0.2) is 54.6 Å². The minimum Gasteiger partial charge on any atom is -0.493 e. The summed E-state index contributed by atoms with van der Waals surface area (Å²) in [6.45, 7) is 20.2. The highest BCUT2D eigenvalue weighted by Crippen LogP contribution is 2.16. The maximum Gasteiger partial charge on any atom is 0.315 e. The Morgan fingerprint density at radius 2 is 1.21 bits per heavy atom. The fourth-order valence-corrected chi connectivity index (χ4v) is 7.09. The lowest BCUT2D eigenvalue weighted by atomic mass is 9.98. The Hall–Kier alpha value is -4.52. The number of hydrogen-bond acceptors (Lipinski definition) is 11. The van der Waals surface area contributed by atoms with Crippen LogP contribution in [0.1, 0.15) is 52.7 Å². The molecule has 0 radical (unpaired) electrons. The third-order valence-electron chi connectivity index (χ3n) is 10.8. The maximum absolute atomic E-state index is 14.1. The number of ether oxygens (including phenoxy) is 3. The summed E-state index contributed by atoms with van der Waals surface area (Å²) in [5.41, 5.74) is 4.69. The van der Waals surface area contributed by atoms with Crippen molar-refractivity contribution in [2.45, 2.75) is 78.7 Å². The third kappa shape index (κ3) is 18.4. The predicted octanol–water partition coefficient (Wildman–Crippen LogP) is 1.96. The van der Waals surface area contributed by atoms with E-state index in [1.807, 2.05) is 82.3 Å². The van der Waals surface area contributed by atoms with Crippen molar-refractivity contribution in [2.24, 2.45) is 17.8 Å². The fraction of sp³-hybridized carbons (Fsp3) is 0.644. The number of nitrogens with zero attached hydrogens (tertiary/aromatic N) is 3. The summed E-state index contributed by atoms with van der Waals surface area (Å²) < 4.78 is 16.7. The van der Waals surface area contributed by atoms with Crippen molar-refractivity contribution in [3.8, 4) is 5.75 Å². The van der Waals surface area contributed by atoms with Gasteiger partial charge in [0.1, 0.15) is 17.8 Å². The van der Waals surface area contributed by atoms with Crippen molar-refractivity contribution in [1.29, 1.82) is 0 Å². The van der Waals surface area contributed by atoms with Crippen molar-refractivity contribution >= 4 is 23.9 Å². The molecule has 2 aromatic rings. The monoisotopic (exact) mass is 868 g/mol. The second-order valence-corrected chi connectivity index (χ2v) is 17.2. The summed E-state index contributed by atoms with van der Waals surface area (Å²) in [5.74, 6) is -0.373. The predicted molar refractivity (Wildman–Crippen MR) is 238 cm³/mol. The first kappa shape index (κ1) is 50.1. The summed E-state index contributed by atoms with van der Waals surface area (Å²) in [6.07, 6.45) is -0.924. The van der Waals surface area contributed by atoms with Gasteiger partial charge in [-0.2, -0.15) is 0 Å². The van der Waals surface area contributed by atoms with E-state index in [4.69, 9.17) is 14.2 Å². The zero-order valence-electron chi connectivity index (χ0n) is 37.7. The van der Waals surface area contributed by atoms with Crippen LogP contribution < -0.4 is 36.7 Å². The number of carbonyl (C=O) groups excluding carboxylic acids is 4. The van der Waals surface area contributed by atoms with Crippen LogP contribution in [0.3, 0.4) is 0 Å². The van der Waals surface area contributed by atoms with Gasteiger partial charge in [-0.05, 0) is 47.4 Å². The average Bonchev–Trinajstić information content (AvgIpc) is 3.25. The largest absolute Gasteiger partial charge is 0.493 e. The van der Waals surface area contributed by atoms with E-state index in [-0.39, 0.29) is 31.3 Å². The highest BCUT2D eigenvalue weighted by Gasteiger charge is 2.32. The first-order valence-corrected chi connectivity index (χ1v) is 22.3. The van der Waals surface area contributed by atoms with Gasteiger partial charge in [0.2, 0.25) is 5.91 Å². The molecular weight excluding hydrogens is 795 g/mol. The Labute approximate surface area is 368 Å². The lowest BCUT2D eigenvalue weighted by Gasteiger charge is -2.33. The number of aliphatic hydroxyl groups is 1. The second-order valence-electron chi connectivity index (χ2n) is 17.2. The van der Waals surface area contributed by atoms with E-state index >= 15 is 0 Å². The molecule has 6 amide bonds. The Morgan fingerprint density at radius 3 is 1.71 bits per heavy atom. The first-order chi connectivity index (χ1) is 29.8. The number of aliphatic hydroxyl groups excluding tert-OH is 1. The number of rotatable bonds is 24. The van der Waals surface area contributed by atoms with Crippen LogP contribution in [-0.2, 0) is 32.0 Å². The topological polar surface area (TPSA) is 198 Å². The summed E-state index contributed by atoms with van der Waals surface area (Å²) in [4.78, 5) is 58.6. The number of hydrogen-bond donors (Lipinski definition) is 7. The first-order valence-electron chi connectivity index (χ1n) is 22.3.